The Balaban J connectivity index is 2.66. The highest BCUT2D eigenvalue weighted by atomic mass is 35.5. The van der Waals surface area contributed by atoms with E-state index in [9.17, 15) is 4.79 Å². The second kappa shape index (κ2) is 6.45. The summed E-state index contributed by atoms with van der Waals surface area (Å²) in [5, 5.41) is 3.21. The van der Waals surface area contributed by atoms with Crippen LogP contribution in [-0.2, 0) is 4.79 Å². The van der Waals surface area contributed by atoms with Gasteiger partial charge in [-0.2, -0.15) is 0 Å². The summed E-state index contributed by atoms with van der Waals surface area (Å²) < 4.78 is 0. The van der Waals surface area contributed by atoms with E-state index in [0.717, 1.165) is 12.8 Å². The first-order chi connectivity index (χ1) is 7.69. The summed E-state index contributed by atoms with van der Waals surface area (Å²) in [7, 11) is 0. The van der Waals surface area contributed by atoms with Gasteiger partial charge in [0, 0.05) is 12.7 Å². The Bertz CT molecular complexity index is 357. The van der Waals surface area contributed by atoms with Gasteiger partial charge in [0.25, 0.3) is 0 Å². The van der Waals surface area contributed by atoms with Crippen LogP contribution in [0.4, 0.5) is 5.69 Å². The van der Waals surface area contributed by atoms with Crippen molar-refractivity contribution < 1.29 is 4.79 Å². The van der Waals surface area contributed by atoms with Gasteiger partial charge >= 0.3 is 0 Å². The van der Waals surface area contributed by atoms with E-state index in [2.05, 4.69) is 10.3 Å². The molecule has 0 aliphatic carbocycles. The van der Waals surface area contributed by atoms with Crippen LogP contribution in [0.25, 0.3) is 0 Å². The molecule has 4 nitrogen and oxygen atoms in total. The number of carbonyl (C=O) groups excluding carboxylic acids is 1. The molecule has 0 aromatic carbocycles. The van der Waals surface area contributed by atoms with Crippen molar-refractivity contribution in [3.8, 4) is 0 Å². The number of nitrogens with two attached hydrogens (primary N) is 1. The maximum Gasteiger partial charge on any atom is 0.228 e. The van der Waals surface area contributed by atoms with E-state index in [0.29, 0.717) is 17.3 Å². The third kappa shape index (κ3) is 3.47. The number of hydrogen-bond donors (Lipinski definition) is 2. The van der Waals surface area contributed by atoms with Crippen molar-refractivity contribution in [3.05, 3.63) is 23.5 Å². The second-order valence-electron chi connectivity index (χ2n) is 3.57. The van der Waals surface area contributed by atoms with E-state index in [-0.39, 0.29) is 11.8 Å². The second-order valence-corrected chi connectivity index (χ2v) is 3.97. The minimum Gasteiger partial charge on any atom is -0.330 e. The largest absolute Gasteiger partial charge is 0.330 e. The molecule has 0 spiro atoms. The normalized spacial score (nSPS) is 12.2. The van der Waals surface area contributed by atoms with Gasteiger partial charge in [0.05, 0.1) is 22.8 Å². The minimum atomic E-state index is -0.165. The van der Waals surface area contributed by atoms with Crippen molar-refractivity contribution in [2.24, 2.45) is 11.7 Å². The molecule has 16 heavy (non-hydrogen) atoms. The molecule has 0 radical (unpaired) electrons. The average Bonchev–Trinajstić information content (AvgIpc) is 2.29. The molecule has 1 aromatic rings. The molecule has 1 amide bonds. The van der Waals surface area contributed by atoms with Gasteiger partial charge in [0.15, 0.2) is 0 Å². The van der Waals surface area contributed by atoms with Gasteiger partial charge in [-0.05, 0) is 12.5 Å². The summed E-state index contributed by atoms with van der Waals surface area (Å²) in [6.45, 7) is 2.37. The lowest BCUT2D eigenvalue weighted by molar-refractivity contribution is -0.119. The summed E-state index contributed by atoms with van der Waals surface area (Å²) in [5.41, 5.74) is 6.07. The van der Waals surface area contributed by atoms with Crippen LogP contribution in [-0.4, -0.2) is 17.4 Å². The van der Waals surface area contributed by atoms with Crippen LogP contribution in [0.15, 0.2) is 18.5 Å². The number of pyridine rings is 1. The standard InChI is InChI=1S/C11H16ClN3O/c1-2-3-8(6-13)11(16)15-10-7-14-5-4-9(10)12/h4-5,7-8H,2-3,6,13H2,1H3,(H,15,16). The SMILES string of the molecule is CCCC(CN)C(=O)Nc1cnccc1Cl. The number of aromatic nitrogens is 1. The number of anilines is 1. The lowest BCUT2D eigenvalue weighted by atomic mass is 10.0. The Morgan fingerprint density at radius 2 is 2.44 bits per heavy atom. The summed E-state index contributed by atoms with van der Waals surface area (Å²) in [6.07, 6.45) is 4.81. The topological polar surface area (TPSA) is 68.0 Å². The maximum absolute atomic E-state index is 11.8. The zero-order chi connectivity index (χ0) is 12.0. The molecule has 0 fully saturated rings. The third-order valence-electron chi connectivity index (χ3n) is 2.32. The highest BCUT2D eigenvalue weighted by molar-refractivity contribution is 6.33. The van der Waals surface area contributed by atoms with Crippen molar-refractivity contribution in [2.45, 2.75) is 19.8 Å². The Kier molecular flexibility index (Phi) is 5.22. The van der Waals surface area contributed by atoms with Gasteiger partial charge in [-0.15, -0.1) is 0 Å². The number of rotatable bonds is 5. The maximum atomic E-state index is 11.8. The summed E-state index contributed by atoms with van der Waals surface area (Å²) >= 11 is 5.91. The molecule has 0 aliphatic rings. The summed E-state index contributed by atoms with van der Waals surface area (Å²) in [4.78, 5) is 15.7. The fourth-order valence-electron chi connectivity index (χ4n) is 1.41. The molecule has 1 aromatic heterocycles. The monoisotopic (exact) mass is 241 g/mol. The first kappa shape index (κ1) is 12.9. The Hall–Kier alpha value is -1.13. The van der Waals surface area contributed by atoms with Gasteiger partial charge in [-0.1, -0.05) is 24.9 Å². The number of hydrogen-bond acceptors (Lipinski definition) is 3. The Labute approximate surface area is 100 Å². The van der Waals surface area contributed by atoms with Crippen molar-refractivity contribution in [1.82, 2.24) is 4.98 Å². The quantitative estimate of drug-likeness (QED) is 0.829. The van der Waals surface area contributed by atoms with E-state index in [4.69, 9.17) is 17.3 Å². The highest BCUT2D eigenvalue weighted by Gasteiger charge is 2.16. The van der Waals surface area contributed by atoms with E-state index < -0.39 is 0 Å². The van der Waals surface area contributed by atoms with Crippen LogP contribution in [0.5, 0.6) is 0 Å². The molecule has 3 N–H and O–H groups in total. The van der Waals surface area contributed by atoms with Gasteiger partial charge in [-0.25, -0.2) is 0 Å². The molecule has 88 valence electrons. The minimum absolute atomic E-state index is 0.0979. The first-order valence-corrected chi connectivity index (χ1v) is 5.67. The third-order valence-corrected chi connectivity index (χ3v) is 2.65. The molecule has 0 aliphatic heterocycles. The molecular weight excluding hydrogens is 226 g/mol. The highest BCUT2D eigenvalue weighted by Crippen LogP contribution is 2.20. The van der Waals surface area contributed by atoms with Crippen molar-refractivity contribution >= 4 is 23.2 Å². The lowest BCUT2D eigenvalue weighted by Gasteiger charge is -2.14. The Morgan fingerprint density at radius 3 is 3.00 bits per heavy atom. The van der Waals surface area contributed by atoms with Crippen molar-refractivity contribution in [1.29, 1.82) is 0 Å². The first-order valence-electron chi connectivity index (χ1n) is 5.29. The van der Waals surface area contributed by atoms with E-state index >= 15 is 0 Å². The molecule has 1 atom stereocenters. The number of carbonyl (C=O) groups is 1. The van der Waals surface area contributed by atoms with Gasteiger partial charge in [-0.3, -0.25) is 9.78 Å². The van der Waals surface area contributed by atoms with Gasteiger partial charge in [0.2, 0.25) is 5.91 Å². The van der Waals surface area contributed by atoms with Crippen LogP contribution >= 0.6 is 11.6 Å². The van der Waals surface area contributed by atoms with Crippen LogP contribution < -0.4 is 11.1 Å². The fourth-order valence-corrected chi connectivity index (χ4v) is 1.56. The smallest absolute Gasteiger partial charge is 0.228 e. The fraction of sp³-hybridized carbons (Fsp3) is 0.455. The predicted molar refractivity (Wildman–Crippen MR) is 65.3 cm³/mol. The predicted octanol–water partition coefficient (Wildman–Crippen LogP) is 2.05. The molecule has 1 rings (SSSR count). The number of nitrogens with zero attached hydrogens (tertiary/aromatic N) is 1. The molecule has 0 bridgehead atoms. The van der Waals surface area contributed by atoms with Gasteiger partial charge in [0.1, 0.15) is 0 Å². The molecule has 0 saturated carbocycles. The Morgan fingerprint density at radius 1 is 1.69 bits per heavy atom. The van der Waals surface area contributed by atoms with E-state index in [1.807, 2.05) is 6.92 Å². The number of amides is 1. The molecule has 1 unspecified atom stereocenters. The molecular formula is C11H16ClN3O. The summed E-state index contributed by atoms with van der Waals surface area (Å²) in [5.74, 6) is -0.263. The van der Waals surface area contributed by atoms with E-state index in [1.54, 1.807) is 12.3 Å². The summed E-state index contributed by atoms with van der Waals surface area (Å²) in [6, 6.07) is 1.63. The zero-order valence-electron chi connectivity index (χ0n) is 9.24. The van der Waals surface area contributed by atoms with Crippen molar-refractivity contribution in [3.63, 3.8) is 0 Å². The average molecular weight is 242 g/mol. The van der Waals surface area contributed by atoms with Crippen LogP contribution in [0.3, 0.4) is 0 Å². The molecule has 0 saturated heterocycles. The van der Waals surface area contributed by atoms with Crippen molar-refractivity contribution in [2.75, 3.05) is 11.9 Å². The number of halogens is 1. The zero-order valence-corrected chi connectivity index (χ0v) is 10.00. The lowest BCUT2D eigenvalue weighted by Crippen LogP contribution is -2.29. The van der Waals surface area contributed by atoms with Crippen LogP contribution in [0.2, 0.25) is 5.02 Å². The molecule has 1 heterocycles. The van der Waals surface area contributed by atoms with E-state index in [1.165, 1.54) is 6.20 Å². The molecule has 5 heteroatoms. The number of nitrogens with one attached hydrogen (secondary N) is 1. The van der Waals surface area contributed by atoms with Crippen LogP contribution in [0.1, 0.15) is 19.8 Å². The van der Waals surface area contributed by atoms with Crippen LogP contribution in [0, 0.1) is 5.92 Å². The van der Waals surface area contributed by atoms with Gasteiger partial charge < -0.3 is 11.1 Å².